The number of anilines is 1. The Labute approximate surface area is 124 Å². The first-order valence-electron chi connectivity index (χ1n) is 7.69. The Balaban J connectivity index is 1.66. The molecular weight excluding hydrogens is 262 g/mol. The minimum atomic E-state index is -0.866. The maximum Gasteiger partial charge on any atom is 0.336 e. The van der Waals surface area contributed by atoms with Crippen LogP contribution in [0.4, 0.5) is 5.69 Å². The van der Waals surface area contributed by atoms with Crippen molar-refractivity contribution in [1.82, 2.24) is 0 Å². The molecule has 0 unspecified atom stereocenters. The van der Waals surface area contributed by atoms with Gasteiger partial charge in [0, 0.05) is 17.6 Å². The molecule has 108 valence electrons. The molecule has 21 heavy (non-hydrogen) atoms. The van der Waals surface area contributed by atoms with E-state index in [9.17, 15) is 9.90 Å². The van der Waals surface area contributed by atoms with Crippen LogP contribution < -0.4 is 5.32 Å². The second-order valence-corrected chi connectivity index (χ2v) is 6.50. The third-order valence-corrected chi connectivity index (χ3v) is 5.12. The molecule has 0 spiro atoms. The van der Waals surface area contributed by atoms with Gasteiger partial charge in [-0.05, 0) is 54.5 Å². The van der Waals surface area contributed by atoms with Crippen LogP contribution in [-0.4, -0.2) is 17.6 Å². The van der Waals surface area contributed by atoms with Crippen molar-refractivity contribution >= 4 is 22.4 Å². The van der Waals surface area contributed by atoms with E-state index in [1.807, 2.05) is 30.3 Å². The average molecular weight is 281 g/mol. The minimum Gasteiger partial charge on any atom is -0.478 e. The predicted octanol–water partition coefficient (Wildman–Crippen LogP) is 4.14. The molecule has 2 N–H and O–H groups in total. The zero-order valence-corrected chi connectivity index (χ0v) is 11.9. The Hall–Kier alpha value is -2.03. The first-order valence-corrected chi connectivity index (χ1v) is 7.69. The highest BCUT2D eigenvalue weighted by atomic mass is 16.4. The van der Waals surface area contributed by atoms with Crippen LogP contribution in [0.15, 0.2) is 36.4 Å². The number of carboxylic acids is 1. The summed E-state index contributed by atoms with van der Waals surface area (Å²) in [5.74, 6) is 0.0592. The van der Waals surface area contributed by atoms with E-state index < -0.39 is 5.97 Å². The van der Waals surface area contributed by atoms with E-state index in [0.29, 0.717) is 11.0 Å². The van der Waals surface area contributed by atoms with Crippen LogP contribution in [0.1, 0.15) is 36.0 Å². The molecule has 0 radical (unpaired) electrons. The van der Waals surface area contributed by atoms with Crippen molar-refractivity contribution in [2.45, 2.75) is 25.7 Å². The number of aromatic carboxylic acids is 1. The van der Waals surface area contributed by atoms with Gasteiger partial charge in [0.05, 0.1) is 5.56 Å². The molecule has 0 atom stereocenters. The largest absolute Gasteiger partial charge is 0.478 e. The lowest BCUT2D eigenvalue weighted by molar-refractivity contribution is 0.0699. The number of carbonyl (C=O) groups is 1. The molecule has 0 saturated heterocycles. The first-order chi connectivity index (χ1) is 10.2. The van der Waals surface area contributed by atoms with Gasteiger partial charge in [0.15, 0.2) is 0 Å². The van der Waals surface area contributed by atoms with Gasteiger partial charge in [-0.2, -0.15) is 0 Å². The number of hydrogen-bond acceptors (Lipinski definition) is 2. The van der Waals surface area contributed by atoms with Gasteiger partial charge in [0.25, 0.3) is 0 Å². The van der Waals surface area contributed by atoms with Gasteiger partial charge >= 0.3 is 5.97 Å². The smallest absolute Gasteiger partial charge is 0.336 e. The molecule has 0 amide bonds. The van der Waals surface area contributed by atoms with Gasteiger partial charge in [-0.1, -0.05) is 24.3 Å². The molecule has 2 saturated carbocycles. The van der Waals surface area contributed by atoms with Crippen molar-refractivity contribution in [2.24, 2.45) is 11.3 Å². The van der Waals surface area contributed by atoms with E-state index in [1.54, 1.807) is 6.07 Å². The minimum absolute atomic E-state index is 0.375. The highest BCUT2D eigenvalue weighted by Gasteiger charge is 2.53. The van der Waals surface area contributed by atoms with E-state index in [-0.39, 0.29) is 0 Å². The summed E-state index contributed by atoms with van der Waals surface area (Å²) < 4.78 is 0. The number of carboxylic acid groups (broad SMARTS) is 1. The highest BCUT2D eigenvalue weighted by Crippen LogP contribution is 2.61. The first kappa shape index (κ1) is 12.7. The zero-order valence-electron chi connectivity index (χ0n) is 11.9. The van der Waals surface area contributed by atoms with Gasteiger partial charge in [-0.15, -0.1) is 0 Å². The average Bonchev–Trinajstić information content (AvgIpc) is 3.37. The lowest BCUT2D eigenvalue weighted by Crippen LogP contribution is -2.17. The van der Waals surface area contributed by atoms with Crippen molar-refractivity contribution in [1.29, 1.82) is 0 Å². The van der Waals surface area contributed by atoms with E-state index in [4.69, 9.17) is 0 Å². The summed E-state index contributed by atoms with van der Waals surface area (Å²) in [6, 6.07) is 11.4. The second-order valence-electron chi connectivity index (χ2n) is 6.50. The Kier molecular flexibility index (Phi) is 2.71. The molecule has 4 rings (SSSR count). The maximum absolute atomic E-state index is 11.3. The lowest BCUT2D eigenvalue weighted by Gasteiger charge is -2.17. The number of fused-ring (bicyclic) bond motifs is 1. The molecule has 0 bridgehead atoms. The predicted molar refractivity (Wildman–Crippen MR) is 83.8 cm³/mol. The van der Waals surface area contributed by atoms with E-state index in [0.717, 1.165) is 28.9 Å². The van der Waals surface area contributed by atoms with Crippen molar-refractivity contribution in [2.75, 3.05) is 11.9 Å². The summed E-state index contributed by atoms with van der Waals surface area (Å²) in [4.78, 5) is 11.3. The number of benzene rings is 2. The van der Waals surface area contributed by atoms with Crippen LogP contribution in [0.2, 0.25) is 0 Å². The maximum atomic E-state index is 11.3. The summed E-state index contributed by atoms with van der Waals surface area (Å²) in [7, 11) is 0. The van der Waals surface area contributed by atoms with Gasteiger partial charge in [-0.25, -0.2) is 4.79 Å². The van der Waals surface area contributed by atoms with E-state index in [2.05, 4.69) is 5.32 Å². The Morgan fingerprint density at radius 2 is 1.86 bits per heavy atom. The number of nitrogens with one attached hydrogen (secondary N) is 1. The summed E-state index contributed by atoms with van der Waals surface area (Å²) in [6.45, 7) is 1.02. The molecule has 0 aliphatic heterocycles. The monoisotopic (exact) mass is 281 g/mol. The van der Waals surface area contributed by atoms with Crippen molar-refractivity contribution in [3.05, 3.63) is 42.0 Å². The molecule has 0 heterocycles. The SMILES string of the molecule is O=C(O)c1ccc(NCC2(C3CC3)CC2)c2ccccc12. The lowest BCUT2D eigenvalue weighted by atomic mass is 9.99. The van der Waals surface area contributed by atoms with Crippen LogP contribution in [0, 0.1) is 11.3 Å². The second kappa shape index (κ2) is 4.48. The van der Waals surface area contributed by atoms with Gasteiger partial charge < -0.3 is 10.4 Å². The van der Waals surface area contributed by atoms with Crippen LogP contribution in [0.5, 0.6) is 0 Å². The van der Waals surface area contributed by atoms with Crippen LogP contribution in [-0.2, 0) is 0 Å². The number of rotatable bonds is 5. The molecule has 2 fully saturated rings. The fourth-order valence-electron chi connectivity index (χ4n) is 3.50. The Bertz CT molecular complexity index is 714. The Morgan fingerprint density at radius 3 is 2.48 bits per heavy atom. The molecule has 3 heteroatoms. The molecule has 2 aliphatic rings. The summed E-state index contributed by atoms with van der Waals surface area (Å²) in [5.41, 5.74) is 1.97. The summed E-state index contributed by atoms with van der Waals surface area (Å²) in [6.07, 6.45) is 5.46. The Morgan fingerprint density at radius 1 is 1.14 bits per heavy atom. The third-order valence-electron chi connectivity index (χ3n) is 5.12. The molecule has 0 aromatic heterocycles. The third kappa shape index (κ3) is 2.17. The van der Waals surface area contributed by atoms with Crippen LogP contribution in [0.3, 0.4) is 0 Å². The molecule has 2 aliphatic carbocycles. The van der Waals surface area contributed by atoms with Gasteiger partial charge in [0.2, 0.25) is 0 Å². The standard InChI is InChI=1S/C18H19NO2/c20-17(21)15-7-8-16(14-4-2-1-3-13(14)15)19-11-18(9-10-18)12-5-6-12/h1-4,7-8,12,19H,5-6,9-11H2,(H,20,21). The normalized spacial score (nSPS) is 19.4. The fourth-order valence-corrected chi connectivity index (χ4v) is 3.50. The summed E-state index contributed by atoms with van der Waals surface area (Å²) >= 11 is 0. The van der Waals surface area contributed by atoms with Crippen LogP contribution >= 0.6 is 0 Å². The topological polar surface area (TPSA) is 49.3 Å². The molecule has 2 aromatic rings. The summed E-state index contributed by atoms with van der Waals surface area (Å²) in [5, 5.41) is 14.7. The van der Waals surface area contributed by atoms with Gasteiger partial charge in [-0.3, -0.25) is 0 Å². The molecule has 3 nitrogen and oxygen atoms in total. The molecular formula is C18H19NO2. The van der Waals surface area contributed by atoms with Gasteiger partial charge in [0.1, 0.15) is 0 Å². The van der Waals surface area contributed by atoms with Crippen molar-refractivity contribution in [3.8, 4) is 0 Å². The zero-order chi connectivity index (χ0) is 14.4. The fraction of sp³-hybridized carbons (Fsp3) is 0.389. The highest BCUT2D eigenvalue weighted by molar-refractivity contribution is 6.07. The van der Waals surface area contributed by atoms with E-state index in [1.165, 1.54) is 25.7 Å². The van der Waals surface area contributed by atoms with Crippen molar-refractivity contribution < 1.29 is 9.90 Å². The molecule has 2 aromatic carbocycles. The van der Waals surface area contributed by atoms with Crippen LogP contribution in [0.25, 0.3) is 10.8 Å². The van der Waals surface area contributed by atoms with Crippen molar-refractivity contribution in [3.63, 3.8) is 0 Å². The van der Waals surface area contributed by atoms with E-state index >= 15 is 0 Å². The number of hydrogen-bond donors (Lipinski definition) is 2. The quantitative estimate of drug-likeness (QED) is 0.866.